The lowest BCUT2D eigenvalue weighted by atomic mass is 9.86. The minimum Gasteiger partial charge on any atom is -0.419 e. The molecule has 1 amide bonds. The van der Waals surface area contributed by atoms with Gasteiger partial charge in [0.05, 0.1) is 22.1 Å². The van der Waals surface area contributed by atoms with Gasteiger partial charge in [-0.2, -0.15) is 13.2 Å². The Balaban J connectivity index is 1.73. The number of amides is 1. The van der Waals surface area contributed by atoms with Crippen LogP contribution >= 0.6 is 23.2 Å². The van der Waals surface area contributed by atoms with E-state index in [4.69, 9.17) is 23.2 Å². The Morgan fingerprint density at radius 3 is 2.43 bits per heavy atom. The van der Waals surface area contributed by atoms with Gasteiger partial charge in [0.1, 0.15) is 5.75 Å². The van der Waals surface area contributed by atoms with Crippen LogP contribution in [0.25, 0.3) is 0 Å². The number of likely N-dealkylation sites (tertiary alicyclic amines) is 1. The Kier molecular flexibility index (Phi) is 7.16. The van der Waals surface area contributed by atoms with Gasteiger partial charge in [-0.3, -0.25) is 4.79 Å². The maximum absolute atomic E-state index is 12.6. The minimum atomic E-state index is -5.20. The van der Waals surface area contributed by atoms with Gasteiger partial charge in [0.25, 0.3) is 0 Å². The van der Waals surface area contributed by atoms with Gasteiger partial charge in [-0.15, -0.1) is 0 Å². The molecule has 6 nitrogen and oxygen atoms in total. The van der Waals surface area contributed by atoms with Crippen molar-refractivity contribution in [1.29, 1.82) is 0 Å². The Bertz CT molecular complexity index is 808. The van der Waals surface area contributed by atoms with E-state index in [9.17, 15) is 27.9 Å². The molecule has 0 aliphatic carbocycles. The highest BCUT2D eigenvalue weighted by Gasteiger charge is 2.42. The number of ether oxygens (including phenoxy) is 1. The van der Waals surface area contributed by atoms with Gasteiger partial charge in [-0.1, -0.05) is 23.2 Å². The first kappa shape index (κ1) is 23.1. The lowest BCUT2D eigenvalue weighted by molar-refractivity contribution is -0.189. The molecule has 0 spiro atoms. The van der Waals surface area contributed by atoms with Crippen molar-refractivity contribution in [3.63, 3.8) is 0 Å². The number of hydrogen-bond acceptors (Lipinski definition) is 5. The van der Waals surface area contributed by atoms with Gasteiger partial charge < -0.3 is 20.1 Å². The molecule has 0 aromatic heterocycles. The standard InChI is InChI=1S/C19H21Cl2F3N2O4/c20-12-1-2-13(30-18(29)19(22,23)24)14(15(12)21)16(27)10-4-7-26(8-5-10)17(28)11-3-6-25-9-11/h1-2,10-11,16,25,27H,3-9H2/t11-,16?/m1/s1. The molecule has 2 N–H and O–H groups in total. The van der Waals surface area contributed by atoms with Crippen LogP contribution in [0.3, 0.4) is 0 Å². The molecule has 2 fully saturated rings. The summed E-state index contributed by atoms with van der Waals surface area (Å²) in [6, 6.07) is 2.26. The Labute approximate surface area is 181 Å². The van der Waals surface area contributed by atoms with Crippen molar-refractivity contribution in [3.8, 4) is 5.75 Å². The number of esters is 1. The van der Waals surface area contributed by atoms with E-state index >= 15 is 0 Å². The van der Waals surface area contributed by atoms with Gasteiger partial charge in [0, 0.05) is 25.2 Å². The Morgan fingerprint density at radius 1 is 1.20 bits per heavy atom. The summed E-state index contributed by atoms with van der Waals surface area (Å²) in [6.07, 6.45) is -4.88. The van der Waals surface area contributed by atoms with Crippen molar-refractivity contribution in [2.24, 2.45) is 11.8 Å². The van der Waals surface area contributed by atoms with Crippen molar-refractivity contribution in [2.45, 2.75) is 31.5 Å². The van der Waals surface area contributed by atoms with Gasteiger partial charge in [-0.25, -0.2) is 4.79 Å². The van der Waals surface area contributed by atoms with E-state index in [-0.39, 0.29) is 27.4 Å². The van der Waals surface area contributed by atoms with E-state index in [0.29, 0.717) is 32.5 Å². The Morgan fingerprint density at radius 2 is 1.87 bits per heavy atom. The lowest BCUT2D eigenvalue weighted by Gasteiger charge is -2.36. The molecule has 2 aliphatic rings. The van der Waals surface area contributed by atoms with Crippen molar-refractivity contribution >= 4 is 35.1 Å². The van der Waals surface area contributed by atoms with E-state index in [1.165, 1.54) is 6.07 Å². The topological polar surface area (TPSA) is 78.9 Å². The molecule has 0 saturated carbocycles. The average molecular weight is 469 g/mol. The first-order chi connectivity index (χ1) is 14.1. The zero-order valence-corrected chi connectivity index (χ0v) is 17.4. The highest BCUT2D eigenvalue weighted by molar-refractivity contribution is 6.42. The molecular formula is C19H21Cl2F3N2O4. The number of carbonyl (C=O) groups excluding carboxylic acids is 2. The zero-order valence-electron chi connectivity index (χ0n) is 15.8. The van der Waals surface area contributed by atoms with Gasteiger partial charge in [0.2, 0.25) is 5.91 Å². The number of piperidine rings is 1. The molecule has 1 aromatic rings. The Hall–Kier alpha value is -1.55. The molecule has 3 rings (SSSR count). The molecule has 166 valence electrons. The van der Waals surface area contributed by atoms with Crippen LogP contribution in [0.4, 0.5) is 13.2 Å². The van der Waals surface area contributed by atoms with E-state index in [2.05, 4.69) is 10.1 Å². The maximum atomic E-state index is 12.6. The summed E-state index contributed by atoms with van der Waals surface area (Å²) >= 11 is 12.1. The number of benzene rings is 1. The van der Waals surface area contributed by atoms with Gasteiger partial charge in [0.15, 0.2) is 0 Å². The third-order valence-electron chi connectivity index (χ3n) is 5.53. The second-order valence-corrected chi connectivity index (χ2v) is 8.24. The van der Waals surface area contributed by atoms with Crippen LogP contribution < -0.4 is 10.1 Å². The van der Waals surface area contributed by atoms with Crippen LogP contribution in [-0.4, -0.2) is 54.2 Å². The van der Waals surface area contributed by atoms with Crippen LogP contribution in [0.15, 0.2) is 12.1 Å². The third-order valence-corrected chi connectivity index (χ3v) is 6.35. The number of nitrogens with one attached hydrogen (secondary N) is 1. The predicted molar refractivity (Wildman–Crippen MR) is 103 cm³/mol. The number of alkyl halides is 3. The number of nitrogens with zero attached hydrogens (tertiary/aromatic N) is 1. The summed E-state index contributed by atoms with van der Waals surface area (Å²) in [5.41, 5.74) is -0.161. The summed E-state index contributed by atoms with van der Waals surface area (Å²) in [5.74, 6) is -3.29. The highest BCUT2D eigenvalue weighted by Crippen LogP contribution is 2.43. The summed E-state index contributed by atoms with van der Waals surface area (Å²) in [6.45, 7) is 2.27. The van der Waals surface area contributed by atoms with Crippen molar-refractivity contribution in [1.82, 2.24) is 10.2 Å². The molecule has 1 aromatic carbocycles. The third kappa shape index (κ3) is 5.01. The normalized spacial score (nSPS) is 21.5. The fourth-order valence-electron chi connectivity index (χ4n) is 3.87. The van der Waals surface area contributed by atoms with Gasteiger partial charge in [-0.05, 0) is 43.9 Å². The predicted octanol–water partition coefficient (Wildman–Crippen LogP) is 3.34. The fraction of sp³-hybridized carbons (Fsp3) is 0.579. The van der Waals surface area contributed by atoms with Crippen molar-refractivity contribution in [3.05, 3.63) is 27.7 Å². The number of rotatable bonds is 4. The zero-order chi connectivity index (χ0) is 22.1. The van der Waals surface area contributed by atoms with Crippen LogP contribution in [0.1, 0.15) is 30.9 Å². The molecule has 2 heterocycles. The molecule has 0 radical (unpaired) electrons. The minimum absolute atomic E-state index is 0.0128. The first-order valence-corrected chi connectivity index (χ1v) is 10.3. The number of halogens is 5. The van der Waals surface area contributed by atoms with Crippen LogP contribution in [0.2, 0.25) is 10.0 Å². The van der Waals surface area contributed by atoms with Crippen molar-refractivity contribution in [2.75, 3.05) is 26.2 Å². The largest absolute Gasteiger partial charge is 0.491 e. The van der Waals surface area contributed by atoms with E-state index in [0.717, 1.165) is 19.0 Å². The summed E-state index contributed by atoms with van der Waals surface area (Å²) in [4.78, 5) is 25.5. The highest BCUT2D eigenvalue weighted by atomic mass is 35.5. The molecule has 2 aliphatic heterocycles. The molecule has 0 bridgehead atoms. The fourth-order valence-corrected chi connectivity index (χ4v) is 4.30. The quantitative estimate of drug-likeness (QED) is 0.523. The van der Waals surface area contributed by atoms with Crippen LogP contribution in [0, 0.1) is 11.8 Å². The second-order valence-electron chi connectivity index (χ2n) is 7.46. The molecule has 11 heteroatoms. The van der Waals surface area contributed by atoms with Crippen LogP contribution in [-0.2, 0) is 9.59 Å². The SMILES string of the molecule is O=C([C@@H]1CCNC1)N1CCC(C(O)c2c(OC(=O)C(F)(F)F)ccc(Cl)c2Cl)CC1. The number of aliphatic hydroxyl groups excluding tert-OH is 1. The summed E-state index contributed by atoms with van der Waals surface area (Å²) in [5, 5.41) is 13.8. The summed E-state index contributed by atoms with van der Waals surface area (Å²) in [7, 11) is 0. The van der Waals surface area contributed by atoms with E-state index in [1.54, 1.807) is 4.90 Å². The maximum Gasteiger partial charge on any atom is 0.491 e. The summed E-state index contributed by atoms with van der Waals surface area (Å²) < 4.78 is 42.3. The van der Waals surface area contributed by atoms with E-state index < -0.39 is 29.9 Å². The monoisotopic (exact) mass is 468 g/mol. The number of aliphatic hydroxyl groups is 1. The molecular weight excluding hydrogens is 448 g/mol. The van der Waals surface area contributed by atoms with E-state index in [1.807, 2.05) is 0 Å². The number of carbonyl (C=O) groups is 2. The average Bonchev–Trinajstić information content (AvgIpc) is 3.24. The second kappa shape index (κ2) is 9.30. The van der Waals surface area contributed by atoms with Crippen molar-refractivity contribution < 1.29 is 32.6 Å². The molecule has 2 saturated heterocycles. The van der Waals surface area contributed by atoms with Crippen LogP contribution in [0.5, 0.6) is 5.75 Å². The molecule has 30 heavy (non-hydrogen) atoms. The first-order valence-electron chi connectivity index (χ1n) is 9.54. The number of hydrogen-bond donors (Lipinski definition) is 2. The molecule has 2 atom stereocenters. The molecule has 1 unspecified atom stereocenters. The lowest BCUT2D eigenvalue weighted by Crippen LogP contribution is -2.43. The van der Waals surface area contributed by atoms with Gasteiger partial charge >= 0.3 is 12.1 Å². The smallest absolute Gasteiger partial charge is 0.419 e.